The van der Waals surface area contributed by atoms with Gasteiger partial charge in [-0.05, 0) is 62.4 Å². The average molecular weight is 542 g/mol. The van der Waals surface area contributed by atoms with Gasteiger partial charge in [-0.15, -0.1) is 0 Å². The fourth-order valence-electron chi connectivity index (χ4n) is 3.04. The van der Waals surface area contributed by atoms with E-state index in [0.717, 1.165) is 22.7 Å². The minimum absolute atomic E-state index is 0.00942. The SMILES string of the molecule is Cc1cc(C)nc(NS(=O)(=O)c2ccc(NC(=O)CN(c3ccc(F)c(Cl)c3)S(C)(=O)=O)cc2)n1. The molecule has 1 amide bonds. The molecule has 2 aromatic carbocycles. The van der Waals surface area contributed by atoms with Crippen molar-refractivity contribution in [3.63, 3.8) is 0 Å². The zero-order valence-corrected chi connectivity index (χ0v) is 21.2. The maximum Gasteiger partial charge on any atom is 0.264 e. The fraction of sp³-hybridized carbons (Fsp3) is 0.190. The molecule has 0 aliphatic carbocycles. The van der Waals surface area contributed by atoms with Gasteiger partial charge in [-0.25, -0.2) is 35.9 Å². The van der Waals surface area contributed by atoms with Crippen molar-refractivity contribution in [3.05, 3.63) is 70.8 Å². The Kier molecular flexibility index (Phi) is 7.62. The first-order valence-electron chi connectivity index (χ1n) is 9.92. The van der Waals surface area contributed by atoms with Crippen molar-refractivity contribution in [3.8, 4) is 0 Å². The van der Waals surface area contributed by atoms with Crippen molar-refractivity contribution in [1.29, 1.82) is 0 Å². The molecule has 0 saturated carbocycles. The molecule has 3 rings (SSSR count). The molecule has 0 aliphatic rings. The Hall–Kier alpha value is -3.29. The molecule has 3 aromatic rings. The van der Waals surface area contributed by atoms with Crippen LogP contribution in [0.1, 0.15) is 11.4 Å². The third-order valence-corrected chi connectivity index (χ3v) is 7.31. The second kappa shape index (κ2) is 10.1. The lowest BCUT2D eigenvalue weighted by atomic mass is 10.3. The molecule has 186 valence electrons. The minimum Gasteiger partial charge on any atom is -0.325 e. The molecule has 35 heavy (non-hydrogen) atoms. The summed E-state index contributed by atoms with van der Waals surface area (Å²) in [6.45, 7) is 2.80. The Morgan fingerprint density at radius 3 is 2.14 bits per heavy atom. The van der Waals surface area contributed by atoms with E-state index in [1.807, 2.05) is 0 Å². The summed E-state index contributed by atoms with van der Waals surface area (Å²) >= 11 is 5.73. The number of nitrogens with one attached hydrogen (secondary N) is 2. The van der Waals surface area contributed by atoms with Gasteiger partial charge >= 0.3 is 0 Å². The molecule has 2 N–H and O–H groups in total. The van der Waals surface area contributed by atoms with E-state index in [4.69, 9.17) is 11.6 Å². The van der Waals surface area contributed by atoms with Crippen LogP contribution in [0, 0.1) is 19.7 Å². The number of hydrogen-bond donors (Lipinski definition) is 2. The molecular formula is C21H21ClFN5O5S2. The quantitative estimate of drug-likeness (QED) is 0.447. The molecule has 0 saturated heterocycles. The van der Waals surface area contributed by atoms with E-state index < -0.39 is 38.3 Å². The van der Waals surface area contributed by atoms with Crippen LogP contribution in [0.2, 0.25) is 5.02 Å². The van der Waals surface area contributed by atoms with Gasteiger partial charge in [0.15, 0.2) is 0 Å². The van der Waals surface area contributed by atoms with E-state index in [0.29, 0.717) is 11.4 Å². The van der Waals surface area contributed by atoms with E-state index >= 15 is 0 Å². The Balaban J connectivity index is 1.73. The maximum atomic E-state index is 13.4. The molecule has 14 heteroatoms. The highest BCUT2D eigenvalue weighted by molar-refractivity contribution is 7.92. The summed E-state index contributed by atoms with van der Waals surface area (Å²) in [4.78, 5) is 20.5. The first-order chi connectivity index (χ1) is 16.2. The lowest BCUT2D eigenvalue weighted by Crippen LogP contribution is -2.37. The highest BCUT2D eigenvalue weighted by Gasteiger charge is 2.22. The van der Waals surface area contributed by atoms with Gasteiger partial charge in [-0.1, -0.05) is 11.6 Å². The van der Waals surface area contributed by atoms with Crippen LogP contribution in [0.4, 0.5) is 21.7 Å². The molecule has 0 radical (unpaired) electrons. The van der Waals surface area contributed by atoms with Crippen molar-refractivity contribution in [2.24, 2.45) is 0 Å². The van der Waals surface area contributed by atoms with E-state index in [1.54, 1.807) is 19.9 Å². The molecule has 0 bridgehead atoms. The predicted molar refractivity (Wildman–Crippen MR) is 131 cm³/mol. The summed E-state index contributed by atoms with van der Waals surface area (Å²) in [5, 5.41) is 2.19. The molecule has 0 spiro atoms. The highest BCUT2D eigenvalue weighted by atomic mass is 35.5. The van der Waals surface area contributed by atoms with Crippen LogP contribution in [-0.4, -0.2) is 45.5 Å². The molecule has 1 aromatic heterocycles. The number of amides is 1. The lowest BCUT2D eigenvalue weighted by molar-refractivity contribution is -0.114. The summed E-state index contributed by atoms with van der Waals surface area (Å²) in [5.74, 6) is -1.52. The van der Waals surface area contributed by atoms with Gasteiger partial charge in [-0.2, -0.15) is 0 Å². The van der Waals surface area contributed by atoms with Crippen molar-refractivity contribution >= 4 is 54.9 Å². The topological polar surface area (TPSA) is 138 Å². The molecule has 0 fully saturated rings. The number of carbonyl (C=O) groups excluding carboxylic acids is 1. The average Bonchev–Trinajstić information content (AvgIpc) is 2.72. The van der Waals surface area contributed by atoms with Gasteiger partial charge in [0.25, 0.3) is 10.0 Å². The molecule has 0 unspecified atom stereocenters. The smallest absolute Gasteiger partial charge is 0.264 e. The first-order valence-corrected chi connectivity index (χ1v) is 13.6. The highest BCUT2D eigenvalue weighted by Crippen LogP contribution is 2.24. The Bertz CT molecular complexity index is 1460. The van der Waals surface area contributed by atoms with Crippen molar-refractivity contribution in [1.82, 2.24) is 9.97 Å². The van der Waals surface area contributed by atoms with Gasteiger partial charge in [0, 0.05) is 17.1 Å². The van der Waals surface area contributed by atoms with Crippen molar-refractivity contribution in [2.75, 3.05) is 27.1 Å². The van der Waals surface area contributed by atoms with E-state index in [9.17, 15) is 26.0 Å². The molecule has 10 nitrogen and oxygen atoms in total. The van der Waals surface area contributed by atoms with Crippen LogP contribution >= 0.6 is 11.6 Å². The normalized spacial score (nSPS) is 11.7. The van der Waals surface area contributed by atoms with Gasteiger partial charge < -0.3 is 5.32 Å². The van der Waals surface area contributed by atoms with E-state index in [-0.39, 0.29) is 27.2 Å². The zero-order chi connectivity index (χ0) is 26.0. The summed E-state index contributed by atoms with van der Waals surface area (Å²) in [6, 6.07) is 10.2. The number of aromatic nitrogens is 2. The van der Waals surface area contributed by atoms with Gasteiger partial charge in [0.05, 0.1) is 21.9 Å². The minimum atomic E-state index is -3.99. The second-order valence-corrected chi connectivity index (χ2v) is 11.5. The molecule has 0 aliphatic heterocycles. The van der Waals surface area contributed by atoms with Gasteiger partial charge in [0.2, 0.25) is 21.9 Å². The molecule has 0 atom stereocenters. The Morgan fingerprint density at radius 1 is 1.00 bits per heavy atom. The monoisotopic (exact) mass is 541 g/mol. The number of nitrogens with zero attached hydrogens (tertiary/aromatic N) is 3. The number of rotatable bonds is 8. The largest absolute Gasteiger partial charge is 0.325 e. The number of halogens is 2. The first kappa shape index (κ1) is 26.3. The number of aryl methyl sites for hydroxylation is 2. The number of hydrogen-bond acceptors (Lipinski definition) is 7. The maximum absolute atomic E-state index is 13.4. The van der Waals surface area contributed by atoms with Crippen LogP contribution in [0.25, 0.3) is 0 Å². The summed E-state index contributed by atoms with van der Waals surface area (Å²) < 4.78 is 66.2. The van der Waals surface area contributed by atoms with Crippen molar-refractivity contribution in [2.45, 2.75) is 18.7 Å². The number of anilines is 3. The zero-order valence-electron chi connectivity index (χ0n) is 18.8. The van der Waals surface area contributed by atoms with Gasteiger partial charge in [-0.3, -0.25) is 9.10 Å². The lowest BCUT2D eigenvalue weighted by Gasteiger charge is -2.22. The molecular weight excluding hydrogens is 521 g/mol. The Labute approximate surface area is 207 Å². The summed E-state index contributed by atoms with van der Waals surface area (Å²) in [7, 11) is -7.90. The van der Waals surface area contributed by atoms with Crippen LogP contribution < -0.4 is 14.3 Å². The third-order valence-electron chi connectivity index (χ3n) is 4.54. The third kappa shape index (κ3) is 6.87. The number of benzene rings is 2. The van der Waals surface area contributed by atoms with Crippen LogP contribution in [0.3, 0.4) is 0 Å². The van der Waals surface area contributed by atoms with Crippen LogP contribution in [-0.2, 0) is 24.8 Å². The van der Waals surface area contributed by atoms with Crippen LogP contribution in [0.5, 0.6) is 0 Å². The van der Waals surface area contributed by atoms with E-state index in [2.05, 4.69) is 20.0 Å². The standard InChI is InChI=1S/C21H21ClFN5O5S2/c1-13-10-14(2)25-21(24-13)27-35(32,33)17-7-4-15(5-8-17)26-20(29)12-28(34(3,30)31)16-6-9-19(23)18(22)11-16/h4-11H,12H2,1-3H3,(H,26,29)(H,24,25,27). The van der Waals surface area contributed by atoms with Crippen LogP contribution in [0.15, 0.2) is 53.4 Å². The summed E-state index contributed by atoms with van der Waals surface area (Å²) in [5.41, 5.74) is 1.43. The second-order valence-electron chi connectivity index (χ2n) is 7.52. The fourth-order valence-corrected chi connectivity index (χ4v) is 5.01. The number of sulfonamides is 2. The van der Waals surface area contributed by atoms with Crippen molar-refractivity contribution < 1.29 is 26.0 Å². The predicted octanol–water partition coefficient (Wildman–Crippen LogP) is 3.09. The van der Waals surface area contributed by atoms with Gasteiger partial charge in [0.1, 0.15) is 12.4 Å². The van der Waals surface area contributed by atoms with E-state index in [1.165, 1.54) is 30.3 Å². The summed E-state index contributed by atoms with van der Waals surface area (Å²) in [6.07, 6.45) is 0.892. The molecule has 1 heterocycles. The Morgan fingerprint density at radius 2 is 1.60 bits per heavy atom. The number of carbonyl (C=O) groups is 1.